The summed E-state index contributed by atoms with van der Waals surface area (Å²) in [6, 6.07) is 6.18. The van der Waals surface area contributed by atoms with Gasteiger partial charge in [0.25, 0.3) is 0 Å². The molecule has 1 aromatic heterocycles. The second-order valence-electron chi connectivity index (χ2n) is 5.06. The molecule has 4 nitrogen and oxygen atoms in total. The first-order valence-corrected chi connectivity index (χ1v) is 7.45. The standard InChI is InChI=1S/C17H22N2O2/c1-4-13-7-6-8-14(5-2)17(13)19-16(20)10-9-15-11-21-12(3)18-15/h6-8,11H,4-5,9-10H2,1-3H3,(H,19,20). The molecule has 0 aliphatic heterocycles. The first-order chi connectivity index (χ1) is 10.1. The molecule has 0 fully saturated rings. The Hall–Kier alpha value is -2.10. The second-order valence-corrected chi connectivity index (χ2v) is 5.06. The summed E-state index contributed by atoms with van der Waals surface area (Å²) in [5.41, 5.74) is 4.16. The highest BCUT2D eigenvalue weighted by Crippen LogP contribution is 2.22. The zero-order valence-corrected chi connectivity index (χ0v) is 12.9. The van der Waals surface area contributed by atoms with E-state index in [0.29, 0.717) is 18.7 Å². The maximum absolute atomic E-state index is 12.2. The largest absolute Gasteiger partial charge is 0.449 e. The van der Waals surface area contributed by atoms with E-state index < -0.39 is 0 Å². The Morgan fingerprint density at radius 1 is 1.24 bits per heavy atom. The molecular weight excluding hydrogens is 264 g/mol. The number of para-hydroxylation sites is 1. The minimum atomic E-state index is 0.0197. The third kappa shape index (κ3) is 3.94. The number of amides is 1. The van der Waals surface area contributed by atoms with Crippen LogP contribution in [0.5, 0.6) is 0 Å². The number of nitrogens with one attached hydrogen (secondary N) is 1. The molecule has 21 heavy (non-hydrogen) atoms. The van der Waals surface area contributed by atoms with E-state index in [-0.39, 0.29) is 5.91 Å². The Morgan fingerprint density at radius 2 is 1.90 bits per heavy atom. The van der Waals surface area contributed by atoms with Gasteiger partial charge in [-0.3, -0.25) is 4.79 Å². The topological polar surface area (TPSA) is 55.1 Å². The minimum absolute atomic E-state index is 0.0197. The number of nitrogens with zero attached hydrogens (tertiary/aromatic N) is 1. The van der Waals surface area contributed by atoms with Crippen LogP contribution in [-0.4, -0.2) is 10.9 Å². The zero-order valence-electron chi connectivity index (χ0n) is 12.9. The molecule has 0 saturated carbocycles. The molecule has 0 saturated heterocycles. The van der Waals surface area contributed by atoms with Crippen molar-refractivity contribution in [2.24, 2.45) is 0 Å². The van der Waals surface area contributed by atoms with Gasteiger partial charge in [0.05, 0.1) is 5.69 Å². The molecule has 1 heterocycles. The third-order valence-electron chi connectivity index (χ3n) is 3.54. The number of hydrogen-bond acceptors (Lipinski definition) is 3. The fourth-order valence-corrected chi connectivity index (χ4v) is 2.37. The molecule has 0 spiro atoms. The van der Waals surface area contributed by atoms with E-state index in [2.05, 4.69) is 36.3 Å². The van der Waals surface area contributed by atoms with Gasteiger partial charge in [-0.15, -0.1) is 0 Å². The van der Waals surface area contributed by atoms with Crippen molar-refractivity contribution < 1.29 is 9.21 Å². The molecule has 0 bridgehead atoms. The van der Waals surface area contributed by atoms with Crippen LogP contribution in [-0.2, 0) is 24.1 Å². The lowest BCUT2D eigenvalue weighted by Gasteiger charge is -2.14. The van der Waals surface area contributed by atoms with E-state index in [1.54, 1.807) is 13.2 Å². The van der Waals surface area contributed by atoms with Crippen molar-refractivity contribution in [2.75, 3.05) is 5.32 Å². The Bertz CT molecular complexity index is 595. The Kier molecular flexibility index (Phi) is 5.14. The number of carbonyl (C=O) groups excluding carboxylic acids is 1. The number of anilines is 1. The number of hydrogen-bond donors (Lipinski definition) is 1. The van der Waals surface area contributed by atoms with Crippen molar-refractivity contribution in [1.82, 2.24) is 4.98 Å². The summed E-state index contributed by atoms with van der Waals surface area (Å²) >= 11 is 0. The zero-order chi connectivity index (χ0) is 15.2. The van der Waals surface area contributed by atoms with E-state index in [1.165, 1.54) is 11.1 Å². The van der Waals surface area contributed by atoms with Crippen LogP contribution in [0, 0.1) is 6.92 Å². The van der Waals surface area contributed by atoms with E-state index in [1.807, 2.05) is 6.07 Å². The molecule has 1 amide bonds. The summed E-state index contributed by atoms with van der Waals surface area (Å²) in [7, 11) is 0. The highest BCUT2D eigenvalue weighted by molar-refractivity contribution is 5.92. The molecule has 2 rings (SSSR count). The van der Waals surface area contributed by atoms with Gasteiger partial charge in [-0.25, -0.2) is 4.98 Å². The van der Waals surface area contributed by atoms with Gasteiger partial charge >= 0.3 is 0 Å². The third-order valence-corrected chi connectivity index (χ3v) is 3.54. The lowest BCUT2D eigenvalue weighted by molar-refractivity contribution is -0.116. The SMILES string of the molecule is CCc1cccc(CC)c1NC(=O)CCc1coc(C)n1. The predicted octanol–water partition coefficient (Wildman–Crippen LogP) is 3.68. The number of rotatable bonds is 6. The monoisotopic (exact) mass is 286 g/mol. The van der Waals surface area contributed by atoms with Crippen LogP contribution in [0.1, 0.15) is 43.0 Å². The van der Waals surface area contributed by atoms with Gasteiger partial charge < -0.3 is 9.73 Å². The molecule has 0 unspecified atom stereocenters. The van der Waals surface area contributed by atoms with Gasteiger partial charge in [0.1, 0.15) is 6.26 Å². The Labute approximate surface area is 125 Å². The van der Waals surface area contributed by atoms with Gasteiger partial charge in [0.2, 0.25) is 5.91 Å². The van der Waals surface area contributed by atoms with Crippen molar-refractivity contribution >= 4 is 11.6 Å². The second kappa shape index (κ2) is 7.07. The molecule has 1 aromatic carbocycles. The summed E-state index contributed by atoms with van der Waals surface area (Å²) in [6.07, 6.45) is 4.43. The van der Waals surface area contributed by atoms with Crippen LogP contribution in [0.15, 0.2) is 28.9 Å². The van der Waals surface area contributed by atoms with E-state index in [9.17, 15) is 4.79 Å². The van der Waals surface area contributed by atoms with Crippen LogP contribution in [0.4, 0.5) is 5.69 Å². The summed E-state index contributed by atoms with van der Waals surface area (Å²) < 4.78 is 5.15. The van der Waals surface area contributed by atoms with E-state index >= 15 is 0 Å². The number of aromatic nitrogens is 1. The Balaban J connectivity index is 2.02. The number of carbonyl (C=O) groups is 1. The van der Waals surface area contributed by atoms with Crippen LogP contribution >= 0.6 is 0 Å². The highest BCUT2D eigenvalue weighted by atomic mass is 16.3. The van der Waals surface area contributed by atoms with Crippen LogP contribution in [0.3, 0.4) is 0 Å². The van der Waals surface area contributed by atoms with Gasteiger partial charge in [-0.2, -0.15) is 0 Å². The smallest absolute Gasteiger partial charge is 0.224 e. The van der Waals surface area contributed by atoms with Crippen LogP contribution in [0.2, 0.25) is 0 Å². The number of benzene rings is 1. The predicted molar refractivity (Wildman–Crippen MR) is 83.4 cm³/mol. The van der Waals surface area contributed by atoms with Gasteiger partial charge in [0, 0.05) is 25.5 Å². The molecule has 0 atom stereocenters. The van der Waals surface area contributed by atoms with Gasteiger partial charge in [-0.1, -0.05) is 32.0 Å². The quantitative estimate of drug-likeness (QED) is 0.881. The average molecular weight is 286 g/mol. The lowest BCUT2D eigenvalue weighted by atomic mass is 10.0. The van der Waals surface area contributed by atoms with Crippen molar-refractivity contribution in [1.29, 1.82) is 0 Å². The molecular formula is C17H22N2O2. The van der Waals surface area contributed by atoms with Crippen molar-refractivity contribution in [3.63, 3.8) is 0 Å². The van der Waals surface area contributed by atoms with Crippen molar-refractivity contribution in [3.8, 4) is 0 Å². The minimum Gasteiger partial charge on any atom is -0.449 e. The van der Waals surface area contributed by atoms with Crippen LogP contribution < -0.4 is 5.32 Å². The fourth-order valence-electron chi connectivity index (χ4n) is 2.37. The summed E-state index contributed by atoms with van der Waals surface area (Å²) in [5, 5.41) is 3.06. The average Bonchev–Trinajstić information content (AvgIpc) is 2.91. The number of aryl methyl sites for hydroxylation is 4. The highest BCUT2D eigenvalue weighted by Gasteiger charge is 2.11. The maximum atomic E-state index is 12.2. The fraction of sp³-hybridized carbons (Fsp3) is 0.412. The van der Waals surface area contributed by atoms with Crippen molar-refractivity contribution in [3.05, 3.63) is 47.2 Å². The van der Waals surface area contributed by atoms with E-state index in [4.69, 9.17) is 4.42 Å². The summed E-state index contributed by atoms with van der Waals surface area (Å²) in [5.74, 6) is 0.654. The molecule has 0 aliphatic carbocycles. The lowest BCUT2D eigenvalue weighted by Crippen LogP contribution is -2.15. The van der Waals surface area contributed by atoms with Gasteiger partial charge in [-0.05, 0) is 24.0 Å². The van der Waals surface area contributed by atoms with Gasteiger partial charge in [0.15, 0.2) is 5.89 Å². The maximum Gasteiger partial charge on any atom is 0.224 e. The first-order valence-electron chi connectivity index (χ1n) is 7.45. The normalized spacial score (nSPS) is 10.6. The summed E-state index contributed by atoms with van der Waals surface area (Å²) in [4.78, 5) is 16.4. The summed E-state index contributed by atoms with van der Waals surface area (Å²) in [6.45, 7) is 6.00. The van der Waals surface area contributed by atoms with Crippen molar-refractivity contribution in [2.45, 2.75) is 46.5 Å². The molecule has 0 radical (unpaired) electrons. The molecule has 112 valence electrons. The Morgan fingerprint density at radius 3 is 2.43 bits per heavy atom. The number of oxazole rings is 1. The molecule has 2 aromatic rings. The molecule has 0 aliphatic rings. The first kappa shape index (κ1) is 15.3. The molecule has 1 N–H and O–H groups in total. The van der Waals surface area contributed by atoms with E-state index in [0.717, 1.165) is 24.2 Å². The van der Waals surface area contributed by atoms with Crippen LogP contribution in [0.25, 0.3) is 0 Å². The molecule has 4 heteroatoms.